The van der Waals surface area contributed by atoms with Crippen LogP contribution in [0.5, 0.6) is 5.75 Å². The van der Waals surface area contributed by atoms with E-state index in [9.17, 15) is 9.90 Å². The summed E-state index contributed by atoms with van der Waals surface area (Å²) in [5, 5.41) is 9.75. The largest absolute Gasteiger partial charge is 0.507 e. The predicted octanol–water partition coefficient (Wildman–Crippen LogP) is 2.29. The molecular formula is C12H15BrN2O2S. The number of halogens is 1. The Labute approximate surface area is 120 Å². The lowest BCUT2D eigenvalue weighted by atomic mass is 10.1. The molecule has 6 heteroatoms. The molecule has 0 aliphatic heterocycles. The van der Waals surface area contributed by atoms with Crippen molar-refractivity contribution < 1.29 is 9.90 Å². The zero-order valence-corrected chi connectivity index (χ0v) is 12.6. The minimum Gasteiger partial charge on any atom is -0.507 e. The van der Waals surface area contributed by atoms with Crippen molar-refractivity contribution in [3.63, 3.8) is 0 Å². The summed E-state index contributed by atoms with van der Waals surface area (Å²) in [5.41, 5.74) is 5.72. The summed E-state index contributed by atoms with van der Waals surface area (Å²) in [6.45, 7) is 1.85. The molecule has 0 aliphatic rings. The number of amides is 1. The van der Waals surface area contributed by atoms with Gasteiger partial charge in [0.2, 0.25) is 0 Å². The molecule has 0 saturated heterocycles. The summed E-state index contributed by atoms with van der Waals surface area (Å²) < 4.78 is 0.718. The highest BCUT2D eigenvalue weighted by molar-refractivity contribution is 9.10. The van der Waals surface area contributed by atoms with E-state index in [0.29, 0.717) is 11.4 Å². The number of hydrogen-bond acceptors (Lipinski definition) is 3. The van der Waals surface area contributed by atoms with Crippen molar-refractivity contribution in [3.8, 4) is 5.75 Å². The molecule has 1 amide bonds. The highest BCUT2D eigenvalue weighted by atomic mass is 79.9. The first-order chi connectivity index (χ1) is 8.32. The van der Waals surface area contributed by atoms with Crippen molar-refractivity contribution in [2.75, 3.05) is 7.05 Å². The average molecular weight is 331 g/mol. The molecule has 0 aliphatic carbocycles. The molecule has 0 aromatic heterocycles. The quantitative estimate of drug-likeness (QED) is 0.831. The molecular weight excluding hydrogens is 316 g/mol. The normalized spacial score (nSPS) is 11.9. The van der Waals surface area contributed by atoms with Gasteiger partial charge in [-0.15, -0.1) is 0 Å². The van der Waals surface area contributed by atoms with Crippen LogP contribution in [0, 0.1) is 0 Å². The fourth-order valence-electron chi connectivity index (χ4n) is 1.50. The van der Waals surface area contributed by atoms with Gasteiger partial charge in [-0.2, -0.15) is 0 Å². The summed E-state index contributed by atoms with van der Waals surface area (Å²) in [4.78, 5) is 14.0. The van der Waals surface area contributed by atoms with E-state index in [2.05, 4.69) is 15.9 Å². The maximum Gasteiger partial charge on any atom is 0.257 e. The summed E-state index contributed by atoms with van der Waals surface area (Å²) in [6, 6.07) is 4.66. The van der Waals surface area contributed by atoms with Gasteiger partial charge in [0.1, 0.15) is 5.75 Å². The summed E-state index contributed by atoms with van der Waals surface area (Å²) in [6.07, 6.45) is 0.453. The molecule has 1 aromatic rings. The van der Waals surface area contributed by atoms with Crippen LogP contribution in [0.2, 0.25) is 0 Å². The highest BCUT2D eigenvalue weighted by Crippen LogP contribution is 2.24. The average Bonchev–Trinajstić information content (AvgIpc) is 2.26. The number of carbonyl (C=O) groups excluding carboxylic acids is 1. The minimum absolute atomic E-state index is 0.0521. The third-order valence-corrected chi connectivity index (χ3v) is 3.33. The Balaban J connectivity index is 2.89. The van der Waals surface area contributed by atoms with E-state index < -0.39 is 0 Å². The van der Waals surface area contributed by atoms with E-state index in [1.165, 1.54) is 11.0 Å². The molecule has 0 radical (unpaired) electrons. The van der Waals surface area contributed by atoms with Crippen LogP contribution in [-0.2, 0) is 0 Å². The number of benzene rings is 1. The number of thiocarbonyl (C=S) groups is 1. The Kier molecular flexibility index (Phi) is 5.10. The van der Waals surface area contributed by atoms with E-state index >= 15 is 0 Å². The van der Waals surface area contributed by atoms with E-state index in [1.54, 1.807) is 19.2 Å². The van der Waals surface area contributed by atoms with Crippen molar-refractivity contribution >= 4 is 39.0 Å². The number of aromatic hydroxyl groups is 1. The van der Waals surface area contributed by atoms with Crippen LogP contribution in [0.25, 0.3) is 0 Å². The lowest BCUT2D eigenvalue weighted by Crippen LogP contribution is -2.37. The van der Waals surface area contributed by atoms with Gasteiger partial charge < -0.3 is 15.7 Å². The molecule has 0 heterocycles. The molecule has 0 spiro atoms. The van der Waals surface area contributed by atoms with Crippen LogP contribution in [0.1, 0.15) is 23.7 Å². The zero-order valence-electron chi connectivity index (χ0n) is 10.2. The topological polar surface area (TPSA) is 66.6 Å². The third-order valence-electron chi connectivity index (χ3n) is 2.67. The number of hydrogen-bond donors (Lipinski definition) is 2. The number of phenolic OH excluding ortho intramolecular Hbond substituents is 1. The number of nitrogens with zero attached hydrogens (tertiary/aromatic N) is 1. The van der Waals surface area contributed by atoms with Gasteiger partial charge in [0.15, 0.2) is 0 Å². The first-order valence-electron chi connectivity index (χ1n) is 5.37. The SMILES string of the molecule is CC(CC(N)=S)N(C)C(=O)c1ccc(Br)cc1O. The number of rotatable bonds is 4. The first kappa shape index (κ1) is 14.9. The van der Waals surface area contributed by atoms with Crippen molar-refractivity contribution in [2.45, 2.75) is 19.4 Å². The van der Waals surface area contributed by atoms with Crippen LogP contribution in [0.4, 0.5) is 0 Å². The molecule has 18 heavy (non-hydrogen) atoms. The van der Waals surface area contributed by atoms with Crippen LogP contribution in [0.15, 0.2) is 22.7 Å². The summed E-state index contributed by atoms with van der Waals surface area (Å²) >= 11 is 8.05. The van der Waals surface area contributed by atoms with Crippen molar-refractivity contribution in [1.29, 1.82) is 0 Å². The maximum atomic E-state index is 12.2. The molecule has 3 N–H and O–H groups in total. The minimum atomic E-state index is -0.260. The Bertz CT molecular complexity index is 479. The molecule has 0 bridgehead atoms. The van der Waals surface area contributed by atoms with Gasteiger partial charge in [-0.1, -0.05) is 28.1 Å². The molecule has 1 aromatic carbocycles. The van der Waals surface area contributed by atoms with Crippen molar-refractivity contribution in [3.05, 3.63) is 28.2 Å². The Hall–Kier alpha value is -1.14. The fraction of sp³-hybridized carbons (Fsp3) is 0.333. The molecule has 0 fully saturated rings. The van der Waals surface area contributed by atoms with Gasteiger partial charge in [0, 0.05) is 24.0 Å². The smallest absolute Gasteiger partial charge is 0.257 e. The van der Waals surface area contributed by atoms with Crippen LogP contribution in [0.3, 0.4) is 0 Å². The molecule has 4 nitrogen and oxygen atoms in total. The van der Waals surface area contributed by atoms with Crippen molar-refractivity contribution in [2.24, 2.45) is 5.73 Å². The fourth-order valence-corrected chi connectivity index (χ4v) is 2.09. The van der Waals surface area contributed by atoms with Gasteiger partial charge in [0.05, 0.1) is 10.6 Å². The number of phenols is 1. The molecule has 0 saturated carbocycles. The lowest BCUT2D eigenvalue weighted by molar-refractivity contribution is 0.0745. The van der Waals surface area contributed by atoms with Crippen molar-refractivity contribution in [1.82, 2.24) is 4.90 Å². The Morgan fingerprint density at radius 3 is 2.72 bits per heavy atom. The molecule has 1 unspecified atom stereocenters. The van der Waals surface area contributed by atoms with Crippen LogP contribution >= 0.6 is 28.1 Å². The summed E-state index contributed by atoms with van der Waals surface area (Å²) in [7, 11) is 1.66. The van der Waals surface area contributed by atoms with E-state index in [1.807, 2.05) is 6.92 Å². The Morgan fingerprint density at radius 2 is 2.22 bits per heavy atom. The predicted molar refractivity (Wildman–Crippen MR) is 78.8 cm³/mol. The second-order valence-corrected chi connectivity index (χ2v) is 5.54. The lowest BCUT2D eigenvalue weighted by Gasteiger charge is -2.25. The van der Waals surface area contributed by atoms with Crippen LogP contribution < -0.4 is 5.73 Å². The molecule has 1 rings (SSSR count). The highest BCUT2D eigenvalue weighted by Gasteiger charge is 2.20. The number of nitrogens with two attached hydrogens (primary N) is 1. The standard InChI is InChI=1S/C12H15BrN2O2S/c1-7(5-11(14)18)15(2)12(17)9-4-3-8(13)6-10(9)16/h3-4,6-7,16H,5H2,1-2H3,(H2,14,18). The second-order valence-electron chi connectivity index (χ2n) is 4.10. The maximum absolute atomic E-state index is 12.2. The van der Waals surface area contributed by atoms with Gasteiger partial charge in [0.25, 0.3) is 5.91 Å². The van der Waals surface area contributed by atoms with E-state index in [0.717, 1.165) is 4.47 Å². The van der Waals surface area contributed by atoms with Gasteiger partial charge >= 0.3 is 0 Å². The second kappa shape index (κ2) is 6.15. The summed E-state index contributed by atoms with van der Waals surface area (Å²) in [5.74, 6) is -0.312. The van der Waals surface area contributed by atoms with E-state index in [4.69, 9.17) is 18.0 Å². The van der Waals surface area contributed by atoms with Crippen LogP contribution in [-0.4, -0.2) is 34.0 Å². The third kappa shape index (κ3) is 3.68. The molecule has 98 valence electrons. The first-order valence-corrected chi connectivity index (χ1v) is 6.57. The van der Waals surface area contributed by atoms with E-state index in [-0.39, 0.29) is 23.3 Å². The van der Waals surface area contributed by atoms with Gasteiger partial charge in [-0.25, -0.2) is 0 Å². The Morgan fingerprint density at radius 1 is 1.61 bits per heavy atom. The zero-order chi connectivity index (χ0) is 13.9. The van der Waals surface area contributed by atoms with Gasteiger partial charge in [-0.05, 0) is 25.1 Å². The number of carbonyl (C=O) groups is 1. The molecule has 1 atom stereocenters. The van der Waals surface area contributed by atoms with Gasteiger partial charge in [-0.3, -0.25) is 4.79 Å². The monoisotopic (exact) mass is 330 g/mol.